The zero-order valence-corrected chi connectivity index (χ0v) is 9.32. The summed E-state index contributed by atoms with van der Waals surface area (Å²) in [7, 11) is 1.70. The van der Waals surface area contributed by atoms with Gasteiger partial charge in [-0.1, -0.05) is 12.6 Å². The smallest absolute Gasteiger partial charge is 0.126 e. The van der Waals surface area contributed by atoms with Gasteiger partial charge >= 0.3 is 0 Å². The predicted octanol–water partition coefficient (Wildman–Crippen LogP) is 1.90. The second kappa shape index (κ2) is 3.44. The number of benzene rings is 1. The molecule has 2 aliphatic heterocycles. The topological polar surface area (TPSA) is 30.5 Å². The summed E-state index contributed by atoms with van der Waals surface area (Å²) in [5, 5.41) is 3.32. The predicted molar refractivity (Wildman–Crippen MR) is 61.9 cm³/mol. The molecular formula is C13H15NO2. The molecule has 0 bridgehead atoms. The molecule has 0 radical (unpaired) electrons. The monoisotopic (exact) mass is 217 g/mol. The Kier molecular flexibility index (Phi) is 2.06. The van der Waals surface area contributed by atoms with Gasteiger partial charge in [-0.15, -0.1) is 0 Å². The summed E-state index contributed by atoms with van der Waals surface area (Å²) in [5.74, 6) is 2.69. The summed E-state index contributed by atoms with van der Waals surface area (Å²) < 4.78 is 11.2. The molecule has 1 N–H and O–H groups in total. The molecule has 1 fully saturated rings. The summed E-state index contributed by atoms with van der Waals surface area (Å²) in [6, 6.07) is 5.97. The number of rotatable bonds is 1. The molecule has 2 unspecified atom stereocenters. The van der Waals surface area contributed by atoms with Gasteiger partial charge in [-0.3, -0.25) is 0 Å². The van der Waals surface area contributed by atoms with E-state index < -0.39 is 0 Å². The lowest BCUT2D eigenvalue weighted by atomic mass is 9.85. The van der Waals surface area contributed by atoms with Crippen molar-refractivity contribution in [2.24, 2.45) is 5.92 Å². The lowest BCUT2D eigenvalue weighted by molar-refractivity contribution is 0.227. The summed E-state index contributed by atoms with van der Waals surface area (Å²) in [6.45, 7) is 5.68. The van der Waals surface area contributed by atoms with Crippen LogP contribution in [-0.4, -0.2) is 20.3 Å². The van der Waals surface area contributed by atoms with E-state index in [1.165, 1.54) is 5.56 Å². The lowest BCUT2D eigenvalue weighted by Gasteiger charge is -2.29. The molecule has 0 aromatic heterocycles. The number of ether oxygens (including phenoxy) is 2. The van der Waals surface area contributed by atoms with Crippen LogP contribution in [0.2, 0.25) is 0 Å². The summed E-state index contributed by atoms with van der Waals surface area (Å²) >= 11 is 0. The van der Waals surface area contributed by atoms with Crippen LogP contribution in [-0.2, 0) is 0 Å². The van der Waals surface area contributed by atoms with E-state index in [-0.39, 0.29) is 0 Å². The molecule has 1 aromatic carbocycles. The minimum Gasteiger partial charge on any atom is -0.496 e. The van der Waals surface area contributed by atoms with E-state index in [0.717, 1.165) is 30.3 Å². The van der Waals surface area contributed by atoms with Crippen molar-refractivity contribution in [2.45, 2.75) is 5.92 Å². The van der Waals surface area contributed by atoms with Crippen LogP contribution in [0.15, 0.2) is 30.5 Å². The van der Waals surface area contributed by atoms with E-state index in [1.807, 2.05) is 18.2 Å². The number of hydrogen-bond donors (Lipinski definition) is 1. The van der Waals surface area contributed by atoms with Crippen molar-refractivity contribution in [3.8, 4) is 11.5 Å². The molecule has 3 rings (SSSR count). The Balaban J connectivity index is 2.11. The maximum atomic E-state index is 5.77. The van der Waals surface area contributed by atoms with Gasteiger partial charge in [-0.2, -0.15) is 0 Å². The second-order valence-corrected chi connectivity index (χ2v) is 4.30. The third kappa shape index (κ3) is 1.21. The van der Waals surface area contributed by atoms with Crippen molar-refractivity contribution >= 4 is 0 Å². The van der Waals surface area contributed by atoms with E-state index in [4.69, 9.17) is 9.47 Å². The standard InChI is InChI=1S/C13H15NO2/c1-8-10-7-16-12-5-3-4-11(15-2)13(12)9(10)6-14-8/h3-5,9-10,14H,1,6-7H2,2H3. The first-order valence-corrected chi connectivity index (χ1v) is 5.53. The van der Waals surface area contributed by atoms with Crippen molar-refractivity contribution < 1.29 is 9.47 Å². The third-order valence-electron chi connectivity index (χ3n) is 3.52. The first-order chi connectivity index (χ1) is 7.81. The summed E-state index contributed by atoms with van der Waals surface area (Å²) in [6.07, 6.45) is 0. The number of methoxy groups -OCH3 is 1. The Bertz CT molecular complexity index is 427. The van der Waals surface area contributed by atoms with Gasteiger partial charge in [0.1, 0.15) is 11.5 Å². The van der Waals surface area contributed by atoms with E-state index in [0.29, 0.717) is 11.8 Å². The highest BCUT2D eigenvalue weighted by Crippen LogP contribution is 2.46. The van der Waals surface area contributed by atoms with Gasteiger partial charge in [0.15, 0.2) is 0 Å². The van der Waals surface area contributed by atoms with Gasteiger partial charge < -0.3 is 14.8 Å². The molecule has 0 saturated carbocycles. The van der Waals surface area contributed by atoms with Crippen LogP contribution in [0.25, 0.3) is 0 Å². The van der Waals surface area contributed by atoms with Gasteiger partial charge in [0.25, 0.3) is 0 Å². The maximum absolute atomic E-state index is 5.77. The molecule has 16 heavy (non-hydrogen) atoms. The largest absolute Gasteiger partial charge is 0.496 e. The van der Waals surface area contributed by atoms with Crippen molar-refractivity contribution in [1.29, 1.82) is 0 Å². The molecule has 0 amide bonds. The SMILES string of the molecule is C=C1NCC2c3c(OC)cccc3OCC12. The van der Waals surface area contributed by atoms with E-state index in [2.05, 4.69) is 11.9 Å². The highest BCUT2D eigenvalue weighted by molar-refractivity contribution is 5.50. The van der Waals surface area contributed by atoms with E-state index in [1.54, 1.807) is 7.11 Å². The van der Waals surface area contributed by atoms with E-state index in [9.17, 15) is 0 Å². The van der Waals surface area contributed by atoms with Crippen molar-refractivity contribution in [1.82, 2.24) is 5.32 Å². The fourth-order valence-corrected chi connectivity index (χ4v) is 2.65. The molecule has 1 aromatic rings. The number of fused-ring (bicyclic) bond motifs is 3. The highest BCUT2D eigenvalue weighted by atomic mass is 16.5. The van der Waals surface area contributed by atoms with Crippen LogP contribution in [0.1, 0.15) is 11.5 Å². The number of nitrogens with one attached hydrogen (secondary N) is 1. The van der Waals surface area contributed by atoms with Crippen LogP contribution in [0.5, 0.6) is 11.5 Å². The Morgan fingerprint density at radius 2 is 2.31 bits per heavy atom. The fourth-order valence-electron chi connectivity index (χ4n) is 2.65. The normalized spacial score (nSPS) is 26.4. The first-order valence-electron chi connectivity index (χ1n) is 5.53. The zero-order valence-electron chi connectivity index (χ0n) is 9.32. The minimum atomic E-state index is 0.379. The summed E-state index contributed by atoms with van der Waals surface area (Å²) in [4.78, 5) is 0. The van der Waals surface area contributed by atoms with Crippen LogP contribution in [0.3, 0.4) is 0 Å². The molecule has 3 heteroatoms. The Hall–Kier alpha value is -1.64. The molecule has 1 saturated heterocycles. The molecule has 2 aliphatic rings. The van der Waals surface area contributed by atoms with Gasteiger partial charge in [0, 0.05) is 29.6 Å². The Morgan fingerprint density at radius 1 is 1.44 bits per heavy atom. The Morgan fingerprint density at radius 3 is 3.12 bits per heavy atom. The van der Waals surface area contributed by atoms with Gasteiger partial charge in [0.05, 0.1) is 13.7 Å². The Labute approximate surface area is 95.1 Å². The zero-order chi connectivity index (χ0) is 11.1. The third-order valence-corrected chi connectivity index (χ3v) is 3.52. The average Bonchev–Trinajstić information content (AvgIpc) is 2.70. The molecule has 0 spiro atoms. The molecular weight excluding hydrogens is 202 g/mol. The van der Waals surface area contributed by atoms with Crippen molar-refractivity contribution in [3.05, 3.63) is 36.0 Å². The lowest BCUT2D eigenvalue weighted by Crippen LogP contribution is -2.24. The first kappa shape index (κ1) is 9.58. The van der Waals surface area contributed by atoms with Crippen LogP contribution in [0.4, 0.5) is 0 Å². The van der Waals surface area contributed by atoms with Gasteiger partial charge in [-0.25, -0.2) is 0 Å². The van der Waals surface area contributed by atoms with Crippen molar-refractivity contribution in [3.63, 3.8) is 0 Å². The van der Waals surface area contributed by atoms with E-state index >= 15 is 0 Å². The van der Waals surface area contributed by atoms with Crippen LogP contribution >= 0.6 is 0 Å². The maximum Gasteiger partial charge on any atom is 0.126 e. The molecule has 0 aliphatic carbocycles. The molecule has 84 valence electrons. The van der Waals surface area contributed by atoms with Crippen molar-refractivity contribution in [2.75, 3.05) is 20.3 Å². The molecule has 2 atom stereocenters. The van der Waals surface area contributed by atoms with Gasteiger partial charge in [0.2, 0.25) is 0 Å². The molecule has 2 heterocycles. The quantitative estimate of drug-likeness (QED) is 0.779. The minimum absolute atomic E-state index is 0.379. The molecule has 3 nitrogen and oxygen atoms in total. The van der Waals surface area contributed by atoms with Crippen LogP contribution in [0, 0.1) is 5.92 Å². The van der Waals surface area contributed by atoms with Crippen LogP contribution < -0.4 is 14.8 Å². The number of hydrogen-bond acceptors (Lipinski definition) is 3. The highest BCUT2D eigenvalue weighted by Gasteiger charge is 2.38. The second-order valence-electron chi connectivity index (χ2n) is 4.30. The average molecular weight is 217 g/mol. The van der Waals surface area contributed by atoms with Gasteiger partial charge in [-0.05, 0) is 12.1 Å². The fraction of sp³-hybridized carbons (Fsp3) is 0.385. The summed E-state index contributed by atoms with van der Waals surface area (Å²) in [5.41, 5.74) is 2.27.